The molecule has 0 radical (unpaired) electrons. The summed E-state index contributed by atoms with van der Waals surface area (Å²) in [6, 6.07) is 0. The first-order valence-corrected chi connectivity index (χ1v) is 10.9. The summed E-state index contributed by atoms with van der Waals surface area (Å²) in [5.41, 5.74) is 3.84. The Bertz CT molecular complexity index is 946. The van der Waals surface area contributed by atoms with Crippen LogP contribution in [0.3, 0.4) is 0 Å². The monoisotopic (exact) mass is 396 g/mol. The number of piperidine rings is 1. The lowest BCUT2D eigenvalue weighted by molar-refractivity contribution is -0.132. The van der Waals surface area contributed by atoms with Crippen LogP contribution in [-0.4, -0.2) is 57.6 Å². The molecular weight excluding hydrogens is 368 g/mol. The zero-order chi connectivity index (χ0) is 20.0. The molecule has 2 fully saturated rings. The molecule has 2 aromatic heterocycles. The van der Waals surface area contributed by atoms with Gasteiger partial charge in [-0.2, -0.15) is 5.10 Å². The molecule has 0 aromatic carbocycles. The largest absolute Gasteiger partial charge is 0.455 e. The SMILES string of the molecule is Cc1c(C(=O)N2CCCC2)oc2c1-c1nn(CC(=O)N3CCCCC3)cc1CC2. The van der Waals surface area contributed by atoms with Crippen LogP contribution in [-0.2, 0) is 24.2 Å². The van der Waals surface area contributed by atoms with Crippen LogP contribution in [0, 0.1) is 6.92 Å². The van der Waals surface area contributed by atoms with E-state index in [4.69, 9.17) is 9.52 Å². The number of hydrogen-bond acceptors (Lipinski definition) is 4. The molecule has 29 heavy (non-hydrogen) atoms. The quantitative estimate of drug-likeness (QED) is 0.800. The fourth-order valence-electron chi connectivity index (χ4n) is 4.89. The van der Waals surface area contributed by atoms with Crippen molar-refractivity contribution >= 4 is 11.8 Å². The molecule has 2 amide bonds. The molecule has 2 aliphatic heterocycles. The molecule has 0 atom stereocenters. The summed E-state index contributed by atoms with van der Waals surface area (Å²) in [5, 5.41) is 4.74. The lowest BCUT2D eigenvalue weighted by Crippen LogP contribution is -2.37. The van der Waals surface area contributed by atoms with Gasteiger partial charge < -0.3 is 14.2 Å². The van der Waals surface area contributed by atoms with Crippen LogP contribution in [0.15, 0.2) is 10.6 Å². The number of furan rings is 1. The Kier molecular flexibility index (Phi) is 4.68. The van der Waals surface area contributed by atoms with E-state index in [9.17, 15) is 9.59 Å². The van der Waals surface area contributed by atoms with E-state index < -0.39 is 0 Å². The molecule has 0 bridgehead atoms. The summed E-state index contributed by atoms with van der Waals surface area (Å²) >= 11 is 0. The second-order valence-electron chi connectivity index (χ2n) is 8.50. The predicted molar refractivity (Wildman–Crippen MR) is 108 cm³/mol. The van der Waals surface area contributed by atoms with Crippen molar-refractivity contribution in [3.63, 3.8) is 0 Å². The van der Waals surface area contributed by atoms with Crippen molar-refractivity contribution in [2.24, 2.45) is 0 Å². The fourth-order valence-corrected chi connectivity index (χ4v) is 4.89. The molecule has 154 valence electrons. The molecule has 2 saturated heterocycles. The predicted octanol–water partition coefficient (Wildman–Crippen LogP) is 2.80. The number of carbonyl (C=O) groups is 2. The lowest BCUT2D eigenvalue weighted by Gasteiger charge is -2.26. The summed E-state index contributed by atoms with van der Waals surface area (Å²) in [5.74, 6) is 1.45. The molecule has 4 heterocycles. The minimum atomic E-state index is -0.00402. The van der Waals surface area contributed by atoms with Gasteiger partial charge in [0, 0.05) is 49.9 Å². The van der Waals surface area contributed by atoms with E-state index in [2.05, 4.69) is 0 Å². The number of nitrogens with zero attached hydrogens (tertiary/aromatic N) is 4. The Labute approximate surface area is 170 Å². The molecular formula is C22H28N4O3. The third-order valence-corrected chi connectivity index (χ3v) is 6.51. The maximum absolute atomic E-state index is 12.9. The van der Waals surface area contributed by atoms with E-state index in [0.29, 0.717) is 5.76 Å². The minimum Gasteiger partial charge on any atom is -0.455 e. The molecule has 7 heteroatoms. The number of fused-ring (bicyclic) bond motifs is 3. The highest BCUT2D eigenvalue weighted by Gasteiger charge is 2.32. The van der Waals surface area contributed by atoms with Crippen LogP contribution in [0.2, 0.25) is 0 Å². The van der Waals surface area contributed by atoms with Gasteiger partial charge in [0.15, 0.2) is 5.76 Å². The summed E-state index contributed by atoms with van der Waals surface area (Å²) < 4.78 is 7.81. The molecule has 0 unspecified atom stereocenters. The number of amides is 2. The highest BCUT2D eigenvalue weighted by Crippen LogP contribution is 2.38. The fraction of sp³-hybridized carbons (Fsp3) is 0.591. The van der Waals surface area contributed by atoms with Gasteiger partial charge in [-0.15, -0.1) is 0 Å². The van der Waals surface area contributed by atoms with Crippen molar-refractivity contribution < 1.29 is 14.0 Å². The van der Waals surface area contributed by atoms with Gasteiger partial charge in [0.25, 0.3) is 5.91 Å². The van der Waals surface area contributed by atoms with Crippen molar-refractivity contribution in [2.75, 3.05) is 26.2 Å². The first-order chi connectivity index (χ1) is 14.1. The standard InChI is InChI=1S/C22H28N4O3/c1-15-19-17(29-21(15)22(28)25-11-5-6-12-25)8-7-16-13-26(23-20(16)19)14-18(27)24-9-3-2-4-10-24/h13H,2-12,14H2,1H3. The third-order valence-electron chi connectivity index (χ3n) is 6.51. The minimum absolute atomic E-state index is 0.00402. The zero-order valence-corrected chi connectivity index (χ0v) is 17.1. The van der Waals surface area contributed by atoms with Gasteiger partial charge >= 0.3 is 0 Å². The Morgan fingerprint density at radius 1 is 1.00 bits per heavy atom. The average molecular weight is 396 g/mol. The van der Waals surface area contributed by atoms with Crippen molar-refractivity contribution in [2.45, 2.75) is 58.4 Å². The van der Waals surface area contributed by atoms with E-state index in [1.807, 2.05) is 22.9 Å². The topological polar surface area (TPSA) is 71.6 Å². The van der Waals surface area contributed by atoms with Crippen molar-refractivity contribution in [3.8, 4) is 11.3 Å². The normalized spacial score (nSPS) is 18.7. The molecule has 7 nitrogen and oxygen atoms in total. The van der Waals surface area contributed by atoms with Crippen LogP contribution in [0.1, 0.15) is 59.5 Å². The lowest BCUT2D eigenvalue weighted by atomic mass is 9.93. The van der Waals surface area contributed by atoms with Crippen molar-refractivity contribution in [1.82, 2.24) is 19.6 Å². The highest BCUT2D eigenvalue weighted by molar-refractivity contribution is 5.95. The van der Waals surface area contributed by atoms with Crippen molar-refractivity contribution in [1.29, 1.82) is 0 Å². The Morgan fingerprint density at radius 3 is 2.45 bits per heavy atom. The summed E-state index contributed by atoms with van der Waals surface area (Å²) in [7, 11) is 0. The molecule has 0 spiro atoms. The summed E-state index contributed by atoms with van der Waals surface area (Å²) in [6.07, 6.45) is 9.09. The van der Waals surface area contributed by atoms with Gasteiger partial charge in [-0.05, 0) is 51.0 Å². The summed E-state index contributed by atoms with van der Waals surface area (Å²) in [4.78, 5) is 29.3. The molecule has 2 aromatic rings. The number of likely N-dealkylation sites (tertiary alicyclic amines) is 2. The number of aryl methyl sites for hydroxylation is 2. The molecule has 1 aliphatic carbocycles. The zero-order valence-electron chi connectivity index (χ0n) is 17.1. The number of aromatic nitrogens is 2. The number of carbonyl (C=O) groups excluding carboxylic acids is 2. The first kappa shape index (κ1) is 18.5. The summed E-state index contributed by atoms with van der Waals surface area (Å²) in [6.45, 7) is 5.56. The van der Waals surface area contributed by atoms with E-state index in [0.717, 1.165) is 92.8 Å². The second kappa shape index (κ2) is 7.35. The van der Waals surface area contributed by atoms with Gasteiger partial charge in [-0.3, -0.25) is 14.3 Å². The third kappa shape index (κ3) is 3.26. The maximum atomic E-state index is 12.9. The highest BCUT2D eigenvalue weighted by atomic mass is 16.4. The Balaban J connectivity index is 1.40. The van der Waals surface area contributed by atoms with Gasteiger partial charge in [0.1, 0.15) is 12.3 Å². The van der Waals surface area contributed by atoms with Crippen LogP contribution >= 0.6 is 0 Å². The average Bonchev–Trinajstić information content (AvgIpc) is 3.46. The number of rotatable bonds is 3. The Hall–Kier alpha value is -2.57. The number of hydrogen-bond donors (Lipinski definition) is 0. The van der Waals surface area contributed by atoms with Crippen LogP contribution in [0.4, 0.5) is 0 Å². The first-order valence-electron chi connectivity index (χ1n) is 10.9. The van der Waals surface area contributed by atoms with E-state index in [-0.39, 0.29) is 18.4 Å². The van der Waals surface area contributed by atoms with Gasteiger partial charge in [-0.25, -0.2) is 0 Å². The second-order valence-corrected chi connectivity index (χ2v) is 8.50. The van der Waals surface area contributed by atoms with E-state index in [1.165, 1.54) is 6.42 Å². The maximum Gasteiger partial charge on any atom is 0.289 e. The van der Waals surface area contributed by atoms with Crippen LogP contribution < -0.4 is 0 Å². The molecule has 0 saturated carbocycles. The van der Waals surface area contributed by atoms with Crippen LogP contribution in [0.5, 0.6) is 0 Å². The smallest absolute Gasteiger partial charge is 0.289 e. The van der Waals surface area contributed by atoms with Gasteiger partial charge in [0.2, 0.25) is 5.91 Å². The van der Waals surface area contributed by atoms with Gasteiger partial charge in [-0.1, -0.05) is 0 Å². The van der Waals surface area contributed by atoms with E-state index in [1.54, 1.807) is 4.68 Å². The molecule has 5 rings (SSSR count). The molecule has 0 N–H and O–H groups in total. The van der Waals surface area contributed by atoms with E-state index >= 15 is 0 Å². The van der Waals surface area contributed by atoms with Gasteiger partial charge in [0.05, 0.1) is 5.69 Å². The van der Waals surface area contributed by atoms with Crippen LogP contribution in [0.25, 0.3) is 11.3 Å². The molecule has 3 aliphatic rings. The van der Waals surface area contributed by atoms with Crippen molar-refractivity contribution in [3.05, 3.63) is 28.8 Å². The Morgan fingerprint density at radius 2 is 1.69 bits per heavy atom.